The molecule has 2 amide bonds. The summed E-state index contributed by atoms with van der Waals surface area (Å²) in [5.41, 5.74) is 5.41. The van der Waals surface area contributed by atoms with Crippen LogP contribution in [0.2, 0.25) is 0 Å². The Balaban J connectivity index is 1.51. The maximum absolute atomic E-state index is 14.6. The van der Waals surface area contributed by atoms with Gasteiger partial charge >= 0.3 is 0 Å². The first kappa shape index (κ1) is 29.3. The van der Waals surface area contributed by atoms with Gasteiger partial charge in [0, 0.05) is 31.3 Å². The molecule has 216 valence electrons. The first-order valence-electron chi connectivity index (χ1n) is 15.4. The fourth-order valence-electron chi connectivity index (χ4n) is 6.20. The van der Waals surface area contributed by atoms with Crippen molar-refractivity contribution in [2.75, 3.05) is 0 Å². The highest BCUT2D eigenvalue weighted by molar-refractivity contribution is 5.88. The molecule has 0 aromatic heterocycles. The molecule has 1 atom stereocenters. The zero-order valence-electron chi connectivity index (χ0n) is 24.6. The normalized spacial score (nSPS) is 14.3. The minimum Gasteiger partial charge on any atom is -0.352 e. The smallest absolute Gasteiger partial charge is 0.243 e. The average Bonchev–Trinajstić information content (AvgIpc) is 3.03. The second kappa shape index (κ2) is 14.6. The van der Waals surface area contributed by atoms with Crippen LogP contribution in [0.25, 0.3) is 0 Å². The molecule has 5 rings (SSSR count). The molecule has 1 aliphatic rings. The van der Waals surface area contributed by atoms with Gasteiger partial charge in [0.25, 0.3) is 0 Å². The number of nitrogens with zero attached hydrogens (tertiary/aromatic N) is 1. The summed E-state index contributed by atoms with van der Waals surface area (Å²) in [6, 6.07) is 38.4. The van der Waals surface area contributed by atoms with E-state index in [1.54, 1.807) is 0 Å². The lowest BCUT2D eigenvalue weighted by Crippen LogP contribution is -2.53. The van der Waals surface area contributed by atoms with Crippen molar-refractivity contribution in [3.63, 3.8) is 0 Å². The lowest BCUT2D eigenvalue weighted by molar-refractivity contribution is -0.141. The molecule has 0 spiro atoms. The average molecular weight is 559 g/mol. The summed E-state index contributed by atoms with van der Waals surface area (Å²) in [5.74, 6) is -0.185. The lowest BCUT2D eigenvalue weighted by atomic mass is 9.87. The van der Waals surface area contributed by atoms with Gasteiger partial charge in [-0.25, -0.2) is 0 Å². The quantitative estimate of drug-likeness (QED) is 0.206. The van der Waals surface area contributed by atoms with Crippen molar-refractivity contribution in [2.45, 2.75) is 76.4 Å². The minimum absolute atomic E-state index is 0.0195. The molecule has 0 bridgehead atoms. The topological polar surface area (TPSA) is 49.4 Å². The predicted molar refractivity (Wildman–Crippen MR) is 170 cm³/mol. The highest BCUT2D eigenvalue weighted by Crippen LogP contribution is 2.30. The van der Waals surface area contributed by atoms with E-state index in [0.29, 0.717) is 13.0 Å². The Kier molecular flexibility index (Phi) is 10.2. The molecule has 1 aliphatic carbocycles. The molecular formula is C38H42N2O2. The number of hydrogen-bond donors (Lipinski definition) is 1. The van der Waals surface area contributed by atoms with Gasteiger partial charge in [-0.05, 0) is 42.0 Å². The number of hydrogen-bond acceptors (Lipinski definition) is 2. The number of rotatable bonds is 11. The number of aryl methyl sites for hydroxylation is 1. The van der Waals surface area contributed by atoms with Gasteiger partial charge in [-0.3, -0.25) is 9.59 Å². The van der Waals surface area contributed by atoms with E-state index in [0.717, 1.165) is 53.5 Å². The fourth-order valence-corrected chi connectivity index (χ4v) is 6.20. The van der Waals surface area contributed by atoms with Crippen LogP contribution in [0.1, 0.15) is 72.3 Å². The lowest BCUT2D eigenvalue weighted by Gasteiger charge is -2.34. The third-order valence-electron chi connectivity index (χ3n) is 8.44. The van der Waals surface area contributed by atoms with E-state index >= 15 is 0 Å². The summed E-state index contributed by atoms with van der Waals surface area (Å²) < 4.78 is 0. The second-order valence-electron chi connectivity index (χ2n) is 11.6. The van der Waals surface area contributed by atoms with E-state index in [-0.39, 0.29) is 30.2 Å². The molecule has 4 heteroatoms. The molecule has 4 aromatic rings. The standard InChI is InChI=1S/C38H42N2O2/c1-29-15-14-18-31(25-29)28-40(37(41)27-35(32-19-8-3-9-20-32)33-21-10-4-11-22-33)36(26-30-16-6-2-7-17-30)38(42)39-34-23-12-5-13-24-34/h2-4,6-11,14-22,25,34-36H,5,12-13,23-24,26-28H2,1H3,(H,39,42)/t36-/m1/s1. The van der Waals surface area contributed by atoms with Crippen LogP contribution in [0.4, 0.5) is 0 Å². The highest BCUT2D eigenvalue weighted by Gasteiger charge is 2.33. The van der Waals surface area contributed by atoms with Crippen LogP contribution in [0.5, 0.6) is 0 Å². The summed E-state index contributed by atoms with van der Waals surface area (Å²) in [7, 11) is 0. The monoisotopic (exact) mass is 558 g/mol. The van der Waals surface area contributed by atoms with Crippen molar-refractivity contribution < 1.29 is 9.59 Å². The van der Waals surface area contributed by atoms with Crippen LogP contribution in [0.15, 0.2) is 115 Å². The van der Waals surface area contributed by atoms with Crippen molar-refractivity contribution in [1.29, 1.82) is 0 Å². The summed E-state index contributed by atoms with van der Waals surface area (Å²) in [6.45, 7) is 2.44. The third-order valence-corrected chi connectivity index (χ3v) is 8.44. The Bertz CT molecular complexity index is 1380. The molecule has 4 nitrogen and oxygen atoms in total. The highest BCUT2D eigenvalue weighted by atomic mass is 16.2. The van der Waals surface area contributed by atoms with E-state index in [1.165, 1.54) is 6.42 Å². The first-order chi connectivity index (χ1) is 20.6. The van der Waals surface area contributed by atoms with E-state index in [4.69, 9.17) is 0 Å². The molecule has 0 aliphatic heterocycles. The third kappa shape index (κ3) is 7.97. The number of nitrogens with one attached hydrogen (secondary N) is 1. The Morgan fingerprint density at radius 2 is 1.31 bits per heavy atom. The zero-order chi connectivity index (χ0) is 29.1. The molecule has 1 saturated carbocycles. The predicted octanol–water partition coefficient (Wildman–Crippen LogP) is 7.61. The van der Waals surface area contributed by atoms with Gasteiger partial charge in [0.15, 0.2) is 0 Å². The van der Waals surface area contributed by atoms with Crippen LogP contribution in [-0.4, -0.2) is 28.8 Å². The SMILES string of the molecule is Cc1cccc(CN(C(=O)CC(c2ccccc2)c2ccccc2)[C@H](Cc2ccccc2)C(=O)NC2CCCCC2)c1. The van der Waals surface area contributed by atoms with Gasteiger partial charge < -0.3 is 10.2 Å². The van der Waals surface area contributed by atoms with Crippen LogP contribution in [0.3, 0.4) is 0 Å². The molecule has 0 radical (unpaired) electrons. The number of carbonyl (C=O) groups excluding carboxylic acids is 2. The van der Waals surface area contributed by atoms with E-state index in [1.807, 2.05) is 77.7 Å². The van der Waals surface area contributed by atoms with Crippen molar-refractivity contribution >= 4 is 11.8 Å². The first-order valence-corrected chi connectivity index (χ1v) is 15.4. The number of benzene rings is 4. The molecule has 1 N–H and O–H groups in total. The van der Waals surface area contributed by atoms with Crippen molar-refractivity contribution in [2.24, 2.45) is 0 Å². The molecular weight excluding hydrogens is 516 g/mol. The van der Waals surface area contributed by atoms with Gasteiger partial charge in [0.2, 0.25) is 11.8 Å². The largest absolute Gasteiger partial charge is 0.352 e. The molecule has 1 fully saturated rings. The van der Waals surface area contributed by atoms with Crippen LogP contribution < -0.4 is 5.32 Å². The maximum atomic E-state index is 14.6. The summed E-state index contributed by atoms with van der Waals surface area (Å²) in [6.07, 6.45) is 6.24. The van der Waals surface area contributed by atoms with Crippen molar-refractivity contribution in [3.05, 3.63) is 143 Å². The van der Waals surface area contributed by atoms with Crippen LogP contribution >= 0.6 is 0 Å². The van der Waals surface area contributed by atoms with Crippen molar-refractivity contribution in [1.82, 2.24) is 10.2 Å². The summed E-state index contributed by atoms with van der Waals surface area (Å²) >= 11 is 0. The van der Waals surface area contributed by atoms with Crippen molar-refractivity contribution in [3.8, 4) is 0 Å². The Morgan fingerprint density at radius 1 is 0.738 bits per heavy atom. The second-order valence-corrected chi connectivity index (χ2v) is 11.6. The summed E-state index contributed by atoms with van der Waals surface area (Å²) in [5, 5.41) is 3.36. The van der Waals surface area contributed by atoms with Crippen LogP contribution in [-0.2, 0) is 22.6 Å². The zero-order valence-corrected chi connectivity index (χ0v) is 24.6. The minimum atomic E-state index is -0.616. The van der Waals surface area contributed by atoms with Gasteiger partial charge in [-0.15, -0.1) is 0 Å². The molecule has 0 unspecified atom stereocenters. The van der Waals surface area contributed by atoms with E-state index in [2.05, 4.69) is 54.7 Å². The fraction of sp³-hybridized carbons (Fsp3) is 0.316. The van der Waals surface area contributed by atoms with E-state index in [9.17, 15) is 9.59 Å². The van der Waals surface area contributed by atoms with Gasteiger partial charge in [-0.2, -0.15) is 0 Å². The molecule has 42 heavy (non-hydrogen) atoms. The number of carbonyl (C=O) groups is 2. The Labute approximate surface area is 250 Å². The number of amides is 2. The van der Waals surface area contributed by atoms with Gasteiger partial charge in [-0.1, -0.05) is 140 Å². The maximum Gasteiger partial charge on any atom is 0.243 e. The van der Waals surface area contributed by atoms with Gasteiger partial charge in [0.05, 0.1) is 0 Å². The molecule has 0 saturated heterocycles. The van der Waals surface area contributed by atoms with E-state index < -0.39 is 6.04 Å². The van der Waals surface area contributed by atoms with Gasteiger partial charge in [0.1, 0.15) is 6.04 Å². The Hall–Kier alpha value is -4.18. The summed E-state index contributed by atoms with van der Waals surface area (Å²) in [4.78, 5) is 30.5. The Morgan fingerprint density at radius 3 is 1.90 bits per heavy atom. The molecule has 0 heterocycles. The molecule has 4 aromatic carbocycles. The van der Waals surface area contributed by atoms with Crippen LogP contribution in [0, 0.1) is 6.92 Å².